The van der Waals surface area contributed by atoms with E-state index in [1.54, 1.807) is 6.20 Å². The zero-order chi connectivity index (χ0) is 11.8. The minimum Gasteiger partial charge on any atom is -0.339 e. The van der Waals surface area contributed by atoms with E-state index in [0.29, 0.717) is 11.3 Å². The van der Waals surface area contributed by atoms with E-state index >= 15 is 0 Å². The number of pyridine rings is 1. The first kappa shape index (κ1) is 10.3. The Labute approximate surface area is 98.4 Å². The summed E-state index contributed by atoms with van der Waals surface area (Å²) < 4.78 is 5.02. The summed E-state index contributed by atoms with van der Waals surface area (Å²) in [4.78, 5) is 18.1. The van der Waals surface area contributed by atoms with Crippen molar-refractivity contribution in [2.24, 2.45) is 0 Å². The molecule has 2 aromatic heterocycles. The van der Waals surface area contributed by atoms with Gasteiger partial charge in [-0.1, -0.05) is 5.16 Å². The van der Waals surface area contributed by atoms with Crippen LogP contribution in [0.3, 0.4) is 0 Å². The van der Waals surface area contributed by atoms with Gasteiger partial charge in [0.25, 0.3) is 11.6 Å². The smallest absolute Gasteiger partial charge is 0.257 e. The van der Waals surface area contributed by atoms with E-state index in [-0.39, 0.29) is 5.91 Å². The zero-order valence-electron chi connectivity index (χ0n) is 9.64. The lowest BCUT2D eigenvalue weighted by Gasteiger charge is -2.14. The number of rotatable bonds is 1. The number of aromatic nitrogens is 2. The topological polar surface area (TPSA) is 59.2 Å². The standard InChI is InChI=1S/C12H13N3O2/c1-8-10-6-9(7-13-11(10)17-14-8)12(16)15-4-2-3-5-15/h6-7H,2-5H2,1H3. The van der Waals surface area contributed by atoms with Gasteiger partial charge in [-0.05, 0) is 25.8 Å². The minimum atomic E-state index is 0.0532. The number of hydrogen-bond acceptors (Lipinski definition) is 4. The highest BCUT2D eigenvalue weighted by Gasteiger charge is 2.20. The Balaban J connectivity index is 1.99. The molecule has 17 heavy (non-hydrogen) atoms. The summed E-state index contributed by atoms with van der Waals surface area (Å²) in [6, 6.07) is 1.81. The number of likely N-dealkylation sites (tertiary alicyclic amines) is 1. The zero-order valence-corrected chi connectivity index (χ0v) is 9.64. The summed E-state index contributed by atoms with van der Waals surface area (Å²) >= 11 is 0. The number of carbonyl (C=O) groups is 1. The molecular weight excluding hydrogens is 218 g/mol. The highest BCUT2D eigenvalue weighted by atomic mass is 16.5. The predicted molar refractivity (Wildman–Crippen MR) is 61.7 cm³/mol. The van der Waals surface area contributed by atoms with Gasteiger partial charge in [0.05, 0.1) is 16.6 Å². The van der Waals surface area contributed by atoms with Gasteiger partial charge in [-0.2, -0.15) is 0 Å². The Kier molecular flexibility index (Phi) is 2.31. The molecule has 5 heteroatoms. The highest BCUT2D eigenvalue weighted by Crippen LogP contribution is 2.19. The van der Waals surface area contributed by atoms with Gasteiger partial charge in [-0.3, -0.25) is 4.79 Å². The molecule has 0 unspecified atom stereocenters. The third-order valence-electron chi connectivity index (χ3n) is 3.15. The fourth-order valence-corrected chi connectivity index (χ4v) is 2.16. The molecule has 0 N–H and O–H groups in total. The molecule has 0 bridgehead atoms. The van der Waals surface area contributed by atoms with E-state index in [1.807, 2.05) is 17.9 Å². The van der Waals surface area contributed by atoms with Crippen molar-refractivity contribution in [3.63, 3.8) is 0 Å². The van der Waals surface area contributed by atoms with Crippen LogP contribution in [-0.2, 0) is 0 Å². The molecule has 1 fully saturated rings. The second kappa shape index (κ2) is 3.84. The van der Waals surface area contributed by atoms with Crippen LogP contribution < -0.4 is 0 Å². The quantitative estimate of drug-likeness (QED) is 0.750. The summed E-state index contributed by atoms with van der Waals surface area (Å²) in [6.07, 6.45) is 3.75. The number of carbonyl (C=O) groups excluding carboxylic acids is 1. The van der Waals surface area contributed by atoms with Crippen LogP contribution in [-0.4, -0.2) is 34.0 Å². The van der Waals surface area contributed by atoms with Crippen molar-refractivity contribution in [3.8, 4) is 0 Å². The van der Waals surface area contributed by atoms with Crippen molar-refractivity contribution in [2.75, 3.05) is 13.1 Å². The van der Waals surface area contributed by atoms with Crippen molar-refractivity contribution in [1.29, 1.82) is 0 Å². The molecule has 0 aliphatic carbocycles. The molecule has 1 amide bonds. The molecule has 5 nitrogen and oxygen atoms in total. The molecule has 1 saturated heterocycles. The summed E-state index contributed by atoms with van der Waals surface area (Å²) in [5, 5.41) is 4.65. The first-order valence-corrected chi connectivity index (χ1v) is 5.77. The van der Waals surface area contributed by atoms with Gasteiger partial charge in [0, 0.05) is 19.3 Å². The Bertz CT molecular complexity index is 570. The fourth-order valence-electron chi connectivity index (χ4n) is 2.16. The van der Waals surface area contributed by atoms with Crippen LogP contribution in [0.2, 0.25) is 0 Å². The highest BCUT2D eigenvalue weighted by molar-refractivity contribution is 5.97. The number of fused-ring (bicyclic) bond motifs is 1. The Morgan fingerprint density at radius 1 is 1.41 bits per heavy atom. The number of hydrogen-bond donors (Lipinski definition) is 0. The molecule has 1 aliphatic rings. The monoisotopic (exact) mass is 231 g/mol. The van der Waals surface area contributed by atoms with Crippen LogP contribution >= 0.6 is 0 Å². The second-order valence-corrected chi connectivity index (χ2v) is 4.34. The Morgan fingerprint density at radius 3 is 2.94 bits per heavy atom. The maximum Gasteiger partial charge on any atom is 0.257 e. The molecule has 0 saturated carbocycles. The maximum atomic E-state index is 12.2. The van der Waals surface area contributed by atoms with Gasteiger partial charge in [0.2, 0.25) is 0 Å². The maximum absolute atomic E-state index is 12.2. The van der Waals surface area contributed by atoms with Gasteiger partial charge >= 0.3 is 0 Å². The first-order valence-electron chi connectivity index (χ1n) is 5.77. The summed E-state index contributed by atoms with van der Waals surface area (Å²) in [6.45, 7) is 3.54. The second-order valence-electron chi connectivity index (χ2n) is 4.34. The molecule has 88 valence electrons. The van der Waals surface area contributed by atoms with Gasteiger partial charge in [-0.15, -0.1) is 0 Å². The third-order valence-corrected chi connectivity index (χ3v) is 3.15. The van der Waals surface area contributed by atoms with E-state index in [9.17, 15) is 4.79 Å². The molecule has 0 radical (unpaired) electrons. The Morgan fingerprint density at radius 2 is 2.18 bits per heavy atom. The van der Waals surface area contributed by atoms with Gasteiger partial charge in [0.1, 0.15) is 0 Å². The van der Waals surface area contributed by atoms with Crippen molar-refractivity contribution in [1.82, 2.24) is 15.0 Å². The van der Waals surface area contributed by atoms with Gasteiger partial charge < -0.3 is 9.42 Å². The van der Waals surface area contributed by atoms with Crippen LogP contribution in [0.25, 0.3) is 11.1 Å². The van der Waals surface area contributed by atoms with E-state index in [2.05, 4.69) is 10.1 Å². The molecule has 0 atom stereocenters. The van der Waals surface area contributed by atoms with E-state index in [1.165, 1.54) is 0 Å². The lowest BCUT2D eigenvalue weighted by molar-refractivity contribution is 0.0792. The van der Waals surface area contributed by atoms with E-state index < -0.39 is 0 Å². The van der Waals surface area contributed by atoms with Crippen LogP contribution in [0.5, 0.6) is 0 Å². The average molecular weight is 231 g/mol. The lowest BCUT2D eigenvalue weighted by Crippen LogP contribution is -2.27. The van der Waals surface area contributed by atoms with Gasteiger partial charge in [-0.25, -0.2) is 4.98 Å². The van der Waals surface area contributed by atoms with E-state index in [0.717, 1.165) is 37.0 Å². The molecular formula is C12H13N3O2. The molecule has 1 aliphatic heterocycles. The van der Waals surface area contributed by atoms with Crippen LogP contribution in [0.1, 0.15) is 28.9 Å². The minimum absolute atomic E-state index is 0.0532. The largest absolute Gasteiger partial charge is 0.339 e. The van der Waals surface area contributed by atoms with Crippen molar-refractivity contribution < 1.29 is 9.32 Å². The first-order chi connectivity index (χ1) is 8.25. The summed E-state index contributed by atoms with van der Waals surface area (Å²) in [5.74, 6) is 0.0532. The molecule has 3 rings (SSSR count). The number of nitrogens with zero attached hydrogens (tertiary/aromatic N) is 3. The van der Waals surface area contributed by atoms with Crippen molar-refractivity contribution >= 4 is 17.0 Å². The SMILES string of the molecule is Cc1noc2ncc(C(=O)N3CCCC3)cc12. The number of amides is 1. The van der Waals surface area contributed by atoms with E-state index in [4.69, 9.17) is 4.52 Å². The summed E-state index contributed by atoms with van der Waals surface area (Å²) in [7, 11) is 0. The predicted octanol–water partition coefficient (Wildman–Crippen LogP) is 1.77. The molecule has 0 aromatic carbocycles. The third kappa shape index (κ3) is 1.67. The van der Waals surface area contributed by atoms with Crippen molar-refractivity contribution in [2.45, 2.75) is 19.8 Å². The van der Waals surface area contributed by atoms with Crippen LogP contribution in [0, 0.1) is 6.92 Å². The molecule has 3 heterocycles. The molecule has 0 spiro atoms. The Hall–Kier alpha value is -1.91. The fraction of sp³-hybridized carbons (Fsp3) is 0.417. The number of aryl methyl sites for hydroxylation is 1. The normalized spacial score (nSPS) is 15.7. The lowest BCUT2D eigenvalue weighted by atomic mass is 10.2. The van der Waals surface area contributed by atoms with Crippen molar-refractivity contribution in [3.05, 3.63) is 23.5 Å². The molecule has 2 aromatic rings. The van der Waals surface area contributed by atoms with Crippen LogP contribution in [0.4, 0.5) is 0 Å². The van der Waals surface area contributed by atoms with Crippen LogP contribution in [0.15, 0.2) is 16.8 Å². The average Bonchev–Trinajstić information content (AvgIpc) is 2.98. The van der Waals surface area contributed by atoms with Gasteiger partial charge in [0.15, 0.2) is 0 Å². The summed E-state index contributed by atoms with van der Waals surface area (Å²) in [5.41, 5.74) is 1.87.